The molecular weight excluding hydrogens is 213 g/mol. The van der Waals surface area contributed by atoms with Gasteiger partial charge in [-0.2, -0.15) is 0 Å². The van der Waals surface area contributed by atoms with Gasteiger partial charge in [0.15, 0.2) is 0 Å². The summed E-state index contributed by atoms with van der Waals surface area (Å²) in [5.74, 6) is 0.944. The minimum absolute atomic E-state index is 0. The third-order valence-electron chi connectivity index (χ3n) is 1.05. The van der Waals surface area contributed by atoms with Crippen molar-refractivity contribution < 1.29 is 24.2 Å². The number of ether oxygens (including phenoxy) is 1. The average molecular weight is 223 g/mol. The van der Waals surface area contributed by atoms with E-state index in [1.165, 1.54) is 0 Å². The van der Waals surface area contributed by atoms with Crippen molar-refractivity contribution in [2.45, 2.75) is 6.92 Å². The van der Waals surface area contributed by atoms with E-state index in [4.69, 9.17) is 4.74 Å². The van der Waals surface area contributed by atoms with Gasteiger partial charge in [0.2, 0.25) is 0 Å². The van der Waals surface area contributed by atoms with E-state index in [0.29, 0.717) is 0 Å². The molecule has 2 heteroatoms. The maximum Gasteiger partial charge on any atom is 0.119 e. The van der Waals surface area contributed by atoms with Gasteiger partial charge in [-0.3, -0.25) is 0 Å². The molecule has 0 aliphatic heterocycles. The fraction of sp³-hybridized carbons (Fsp3) is 0.250. The van der Waals surface area contributed by atoms with Crippen molar-refractivity contribution in [3.05, 3.63) is 30.3 Å². The SMILES string of the molecule is CCOc1ccccc1.[Ru]. The van der Waals surface area contributed by atoms with Gasteiger partial charge in [0, 0.05) is 19.5 Å². The van der Waals surface area contributed by atoms with Crippen molar-refractivity contribution in [2.75, 3.05) is 6.61 Å². The van der Waals surface area contributed by atoms with Gasteiger partial charge in [-0.25, -0.2) is 0 Å². The summed E-state index contributed by atoms with van der Waals surface area (Å²) in [6, 6.07) is 9.80. The summed E-state index contributed by atoms with van der Waals surface area (Å²) in [6.45, 7) is 2.72. The number of para-hydroxylation sites is 1. The van der Waals surface area contributed by atoms with Crippen LogP contribution in [0.5, 0.6) is 5.75 Å². The maximum atomic E-state index is 5.21. The fourth-order valence-electron chi connectivity index (χ4n) is 0.683. The van der Waals surface area contributed by atoms with Crippen LogP contribution in [-0.2, 0) is 19.5 Å². The Hall–Kier alpha value is -0.357. The second-order valence-corrected chi connectivity index (χ2v) is 1.75. The van der Waals surface area contributed by atoms with Crippen molar-refractivity contribution in [2.24, 2.45) is 0 Å². The Kier molecular flexibility index (Phi) is 5.24. The van der Waals surface area contributed by atoms with Gasteiger partial charge in [0.1, 0.15) is 5.75 Å². The van der Waals surface area contributed by atoms with Gasteiger partial charge in [-0.15, -0.1) is 0 Å². The van der Waals surface area contributed by atoms with E-state index in [-0.39, 0.29) is 19.5 Å². The molecule has 0 saturated carbocycles. The molecular formula is C8H10ORu. The van der Waals surface area contributed by atoms with E-state index in [9.17, 15) is 0 Å². The monoisotopic (exact) mass is 224 g/mol. The molecule has 1 rings (SSSR count). The second-order valence-electron chi connectivity index (χ2n) is 1.75. The van der Waals surface area contributed by atoms with Crippen LogP contribution in [0, 0.1) is 0 Å². The van der Waals surface area contributed by atoms with E-state index in [2.05, 4.69) is 0 Å². The Labute approximate surface area is 74.2 Å². The van der Waals surface area contributed by atoms with E-state index >= 15 is 0 Å². The minimum Gasteiger partial charge on any atom is -0.494 e. The van der Waals surface area contributed by atoms with Crippen LogP contribution in [0.25, 0.3) is 0 Å². The summed E-state index contributed by atoms with van der Waals surface area (Å²) in [7, 11) is 0. The third kappa shape index (κ3) is 2.98. The molecule has 0 heterocycles. The predicted octanol–water partition coefficient (Wildman–Crippen LogP) is 2.08. The van der Waals surface area contributed by atoms with E-state index in [0.717, 1.165) is 12.4 Å². The normalized spacial score (nSPS) is 8.10. The van der Waals surface area contributed by atoms with Crippen molar-refractivity contribution in [1.82, 2.24) is 0 Å². The molecule has 0 N–H and O–H groups in total. The fourth-order valence-corrected chi connectivity index (χ4v) is 0.683. The molecule has 0 bridgehead atoms. The Bertz CT molecular complexity index is 162. The van der Waals surface area contributed by atoms with Crippen molar-refractivity contribution in [3.63, 3.8) is 0 Å². The molecule has 0 aromatic heterocycles. The molecule has 1 nitrogen and oxygen atoms in total. The van der Waals surface area contributed by atoms with Crippen LogP contribution in [0.1, 0.15) is 6.92 Å². The van der Waals surface area contributed by atoms with Gasteiger partial charge >= 0.3 is 0 Å². The average Bonchev–Trinajstić information content (AvgIpc) is 1.91. The van der Waals surface area contributed by atoms with Crippen molar-refractivity contribution >= 4 is 0 Å². The minimum atomic E-state index is 0. The number of hydrogen-bond donors (Lipinski definition) is 0. The van der Waals surface area contributed by atoms with Crippen LogP contribution in [0.15, 0.2) is 30.3 Å². The predicted molar refractivity (Wildman–Crippen MR) is 37.6 cm³/mol. The zero-order chi connectivity index (χ0) is 6.53. The first-order chi connectivity index (χ1) is 4.43. The summed E-state index contributed by atoms with van der Waals surface area (Å²) in [4.78, 5) is 0. The van der Waals surface area contributed by atoms with E-state index in [1.807, 2.05) is 37.3 Å². The molecule has 1 aromatic carbocycles. The standard InChI is InChI=1S/C8H10O.Ru/c1-2-9-8-6-4-3-5-7-8;/h3-7H,2H2,1H3;. The zero-order valence-electron chi connectivity index (χ0n) is 5.86. The van der Waals surface area contributed by atoms with Crippen LogP contribution in [-0.4, -0.2) is 6.61 Å². The largest absolute Gasteiger partial charge is 0.494 e. The first kappa shape index (κ1) is 9.64. The molecule has 0 unspecified atom stereocenters. The van der Waals surface area contributed by atoms with Gasteiger partial charge in [0.05, 0.1) is 6.61 Å². The van der Waals surface area contributed by atoms with Gasteiger partial charge in [-0.05, 0) is 19.1 Å². The smallest absolute Gasteiger partial charge is 0.119 e. The molecule has 0 spiro atoms. The third-order valence-corrected chi connectivity index (χ3v) is 1.05. The zero-order valence-corrected chi connectivity index (χ0v) is 7.59. The maximum absolute atomic E-state index is 5.21. The molecule has 0 aliphatic carbocycles. The Balaban J connectivity index is 0.000000810. The van der Waals surface area contributed by atoms with Crippen LogP contribution >= 0.6 is 0 Å². The van der Waals surface area contributed by atoms with E-state index in [1.54, 1.807) is 0 Å². The number of hydrogen-bond acceptors (Lipinski definition) is 1. The second kappa shape index (κ2) is 5.43. The summed E-state index contributed by atoms with van der Waals surface area (Å²) in [5.41, 5.74) is 0. The van der Waals surface area contributed by atoms with E-state index < -0.39 is 0 Å². The van der Waals surface area contributed by atoms with Crippen molar-refractivity contribution in [1.29, 1.82) is 0 Å². The summed E-state index contributed by atoms with van der Waals surface area (Å²) in [6.07, 6.45) is 0. The van der Waals surface area contributed by atoms with Crippen LogP contribution in [0.2, 0.25) is 0 Å². The molecule has 56 valence electrons. The molecule has 0 radical (unpaired) electrons. The van der Waals surface area contributed by atoms with Gasteiger partial charge in [0.25, 0.3) is 0 Å². The first-order valence-corrected chi connectivity index (χ1v) is 3.11. The number of rotatable bonds is 2. The molecule has 0 atom stereocenters. The van der Waals surface area contributed by atoms with Crippen LogP contribution in [0.3, 0.4) is 0 Å². The van der Waals surface area contributed by atoms with Crippen LogP contribution < -0.4 is 4.74 Å². The molecule has 1 aromatic rings. The summed E-state index contributed by atoms with van der Waals surface area (Å²) >= 11 is 0. The Morgan fingerprint density at radius 2 is 1.80 bits per heavy atom. The molecule has 0 amide bonds. The first-order valence-electron chi connectivity index (χ1n) is 3.11. The molecule has 0 aliphatic rings. The number of benzene rings is 1. The van der Waals surface area contributed by atoms with Crippen molar-refractivity contribution in [3.8, 4) is 5.75 Å². The summed E-state index contributed by atoms with van der Waals surface area (Å²) < 4.78 is 5.21. The molecule has 10 heavy (non-hydrogen) atoms. The quantitative estimate of drug-likeness (QED) is 0.697. The molecule has 0 saturated heterocycles. The Morgan fingerprint density at radius 1 is 1.20 bits per heavy atom. The topological polar surface area (TPSA) is 9.23 Å². The summed E-state index contributed by atoms with van der Waals surface area (Å²) in [5, 5.41) is 0. The molecule has 0 fully saturated rings. The van der Waals surface area contributed by atoms with Gasteiger partial charge < -0.3 is 4.74 Å². The Morgan fingerprint density at radius 3 is 2.30 bits per heavy atom. The van der Waals surface area contributed by atoms with Gasteiger partial charge in [-0.1, -0.05) is 18.2 Å². The van der Waals surface area contributed by atoms with Crippen LogP contribution in [0.4, 0.5) is 0 Å².